The van der Waals surface area contributed by atoms with Crippen molar-refractivity contribution >= 4 is 22.4 Å². The Balaban J connectivity index is 1.63. The average Bonchev–Trinajstić information content (AvgIpc) is 3.26. The van der Waals surface area contributed by atoms with Gasteiger partial charge < -0.3 is 0 Å². The van der Waals surface area contributed by atoms with E-state index in [0.717, 1.165) is 22.8 Å². The highest BCUT2D eigenvalue weighted by Crippen LogP contribution is 2.24. The van der Waals surface area contributed by atoms with Crippen LogP contribution in [0.3, 0.4) is 0 Å². The molecule has 128 valence electrons. The minimum absolute atomic E-state index is 0.255. The van der Waals surface area contributed by atoms with Crippen molar-refractivity contribution in [1.82, 2.24) is 19.1 Å². The SMILES string of the molecule is Cc1[nH]n(-c2ccccc2)c(=O)c1N=Nc1nc(-c2ccccc2)ns1. The van der Waals surface area contributed by atoms with Crippen LogP contribution in [0.4, 0.5) is 10.8 Å². The van der Waals surface area contributed by atoms with Crippen LogP contribution in [0.5, 0.6) is 0 Å². The number of para-hydroxylation sites is 1. The summed E-state index contributed by atoms with van der Waals surface area (Å²) in [5, 5.41) is 11.6. The Kier molecular flexibility index (Phi) is 4.24. The lowest BCUT2D eigenvalue weighted by Crippen LogP contribution is -2.13. The molecule has 4 rings (SSSR count). The molecule has 1 N–H and O–H groups in total. The third-order valence-electron chi connectivity index (χ3n) is 3.74. The van der Waals surface area contributed by atoms with E-state index in [-0.39, 0.29) is 11.2 Å². The van der Waals surface area contributed by atoms with Gasteiger partial charge in [0.15, 0.2) is 11.5 Å². The van der Waals surface area contributed by atoms with Gasteiger partial charge >= 0.3 is 0 Å². The molecule has 0 bridgehead atoms. The van der Waals surface area contributed by atoms with Gasteiger partial charge in [-0.2, -0.15) is 9.36 Å². The highest BCUT2D eigenvalue weighted by Gasteiger charge is 2.12. The number of nitrogens with zero attached hydrogens (tertiary/aromatic N) is 5. The van der Waals surface area contributed by atoms with Crippen molar-refractivity contribution in [3.8, 4) is 17.1 Å². The van der Waals surface area contributed by atoms with Gasteiger partial charge in [0, 0.05) is 17.1 Å². The molecule has 26 heavy (non-hydrogen) atoms. The maximum absolute atomic E-state index is 12.6. The lowest BCUT2D eigenvalue weighted by atomic mass is 10.2. The van der Waals surface area contributed by atoms with Crippen LogP contribution in [0, 0.1) is 6.92 Å². The molecule has 0 radical (unpaired) electrons. The normalized spacial score (nSPS) is 11.3. The zero-order valence-corrected chi connectivity index (χ0v) is 14.6. The second-order valence-electron chi connectivity index (χ2n) is 5.53. The van der Waals surface area contributed by atoms with Gasteiger partial charge in [-0.25, -0.2) is 4.68 Å². The number of aromatic amines is 1. The summed E-state index contributed by atoms with van der Waals surface area (Å²) in [7, 11) is 0. The minimum Gasteiger partial charge on any atom is -0.293 e. The van der Waals surface area contributed by atoms with E-state index in [1.54, 1.807) is 6.92 Å². The number of nitrogens with one attached hydrogen (secondary N) is 1. The van der Waals surface area contributed by atoms with Crippen LogP contribution in [0.25, 0.3) is 17.1 Å². The topological polar surface area (TPSA) is 88.3 Å². The number of aromatic nitrogens is 4. The van der Waals surface area contributed by atoms with Crippen LogP contribution in [0.15, 0.2) is 75.7 Å². The molecule has 4 aromatic rings. The van der Waals surface area contributed by atoms with E-state index in [1.165, 1.54) is 4.68 Å². The standard InChI is InChI=1S/C18H14N6OS/c1-12-15(17(25)24(22-12)14-10-6-3-7-11-14)20-21-18-19-16(23-26-18)13-8-4-2-5-9-13/h2-11,22H,1H3. The second kappa shape index (κ2) is 6.85. The molecule has 8 heteroatoms. The number of hydrogen-bond acceptors (Lipinski definition) is 6. The molecule has 0 amide bonds. The molecule has 0 saturated heterocycles. The van der Waals surface area contributed by atoms with Crippen molar-refractivity contribution in [2.24, 2.45) is 10.2 Å². The summed E-state index contributed by atoms with van der Waals surface area (Å²) in [4.78, 5) is 16.9. The maximum atomic E-state index is 12.6. The number of aryl methyl sites for hydroxylation is 1. The van der Waals surface area contributed by atoms with Crippen LogP contribution >= 0.6 is 11.5 Å². The summed E-state index contributed by atoms with van der Waals surface area (Å²) >= 11 is 1.14. The van der Waals surface area contributed by atoms with Crippen molar-refractivity contribution in [3.05, 3.63) is 76.7 Å². The predicted octanol–water partition coefficient (Wildman–Crippen LogP) is 4.41. The zero-order valence-electron chi connectivity index (χ0n) is 13.8. The minimum atomic E-state index is -0.259. The van der Waals surface area contributed by atoms with Crippen molar-refractivity contribution in [2.45, 2.75) is 6.92 Å². The van der Waals surface area contributed by atoms with E-state index in [2.05, 4.69) is 24.7 Å². The van der Waals surface area contributed by atoms with E-state index in [1.807, 2.05) is 60.7 Å². The number of hydrogen-bond donors (Lipinski definition) is 1. The first kappa shape index (κ1) is 16.1. The molecular weight excluding hydrogens is 348 g/mol. The highest BCUT2D eigenvalue weighted by molar-refractivity contribution is 7.09. The maximum Gasteiger partial charge on any atom is 0.299 e. The van der Waals surface area contributed by atoms with E-state index < -0.39 is 0 Å². The Bertz CT molecular complexity index is 1110. The van der Waals surface area contributed by atoms with E-state index >= 15 is 0 Å². The third-order valence-corrected chi connectivity index (χ3v) is 4.34. The number of benzene rings is 2. The first-order valence-corrected chi connectivity index (χ1v) is 8.67. The van der Waals surface area contributed by atoms with Gasteiger partial charge in [0.05, 0.1) is 11.4 Å². The van der Waals surface area contributed by atoms with Crippen molar-refractivity contribution in [2.75, 3.05) is 0 Å². The molecule has 0 atom stereocenters. The van der Waals surface area contributed by atoms with Crippen molar-refractivity contribution < 1.29 is 0 Å². The molecule has 0 aliphatic carbocycles. The molecule has 2 aromatic heterocycles. The highest BCUT2D eigenvalue weighted by atomic mass is 32.1. The van der Waals surface area contributed by atoms with E-state index in [4.69, 9.17) is 0 Å². The second-order valence-corrected chi connectivity index (χ2v) is 6.26. The zero-order chi connectivity index (χ0) is 17.9. The van der Waals surface area contributed by atoms with Crippen LogP contribution < -0.4 is 5.56 Å². The average molecular weight is 362 g/mol. The molecular formula is C18H14N6OS. The predicted molar refractivity (Wildman–Crippen MR) is 101 cm³/mol. The number of H-pyrrole nitrogens is 1. The Morgan fingerprint density at radius 2 is 1.69 bits per heavy atom. The van der Waals surface area contributed by atoms with Crippen molar-refractivity contribution in [1.29, 1.82) is 0 Å². The fourth-order valence-corrected chi connectivity index (χ4v) is 2.99. The van der Waals surface area contributed by atoms with Crippen LogP contribution in [0.2, 0.25) is 0 Å². The lowest BCUT2D eigenvalue weighted by molar-refractivity contribution is 0.835. The Morgan fingerprint density at radius 3 is 2.42 bits per heavy atom. The summed E-state index contributed by atoms with van der Waals surface area (Å²) in [6, 6.07) is 18.9. The summed E-state index contributed by atoms with van der Waals surface area (Å²) in [6.07, 6.45) is 0. The molecule has 0 unspecified atom stereocenters. The number of rotatable bonds is 4. The molecule has 0 saturated carbocycles. The van der Waals surface area contributed by atoms with Gasteiger partial charge in [-0.3, -0.25) is 9.89 Å². The summed E-state index contributed by atoms with van der Waals surface area (Å²) in [5.74, 6) is 0.594. The van der Waals surface area contributed by atoms with Crippen LogP contribution in [-0.4, -0.2) is 19.1 Å². The molecule has 0 spiro atoms. The molecule has 7 nitrogen and oxygen atoms in total. The van der Waals surface area contributed by atoms with Crippen LogP contribution in [0.1, 0.15) is 5.69 Å². The summed E-state index contributed by atoms with van der Waals surface area (Å²) in [6.45, 7) is 1.78. The van der Waals surface area contributed by atoms with Gasteiger partial charge in [0.25, 0.3) is 5.56 Å². The lowest BCUT2D eigenvalue weighted by Gasteiger charge is -1.99. The molecule has 0 aliphatic heterocycles. The van der Waals surface area contributed by atoms with Gasteiger partial charge in [-0.15, -0.1) is 10.2 Å². The first-order valence-electron chi connectivity index (χ1n) is 7.90. The van der Waals surface area contributed by atoms with Gasteiger partial charge in [-0.1, -0.05) is 48.5 Å². The summed E-state index contributed by atoms with van der Waals surface area (Å²) < 4.78 is 5.73. The number of azo groups is 1. The summed E-state index contributed by atoms with van der Waals surface area (Å²) in [5.41, 5.74) is 2.28. The van der Waals surface area contributed by atoms with Crippen LogP contribution in [-0.2, 0) is 0 Å². The van der Waals surface area contributed by atoms with Crippen molar-refractivity contribution in [3.63, 3.8) is 0 Å². The van der Waals surface area contributed by atoms with Gasteiger partial charge in [0.1, 0.15) is 0 Å². The van der Waals surface area contributed by atoms with Gasteiger partial charge in [0.2, 0.25) is 5.13 Å². The monoisotopic (exact) mass is 362 g/mol. The smallest absolute Gasteiger partial charge is 0.293 e. The fourth-order valence-electron chi connectivity index (χ4n) is 2.47. The Morgan fingerprint density at radius 1 is 1.00 bits per heavy atom. The molecule has 0 fully saturated rings. The quantitative estimate of drug-likeness (QED) is 0.545. The Hall–Kier alpha value is -3.39. The van der Waals surface area contributed by atoms with Gasteiger partial charge in [-0.05, 0) is 19.1 Å². The Labute approximate surface area is 152 Å². The fraction of sp³-hybridized carbons (Fsp3) is 0.0556. The third kappa shape index (κ3) is 3.09. The largest absolute Gasteiger partial charge is 0.299 e. The molecule has 2 heterocycles. The molecule has 0 aliphatic rings. The first-order chi connectivity index (χ1) is 12.7. The molecule has 2 aromatic carbocycles. The van der Waals surface area contributed by atoms with E-state index in [0.29, 0.717) is 16.6 Å². The van der Waals surface area contributed by atoms with E-state index in [9.17, 15) is 4.79 Å².